The molecule has 0 bridgehead atoms. The summed E-state index contributed by atoms with van der Waals surface area (Å²) in [6.07, 6.45) is 5.54. The molecule has 27 heavy (non-hydrogen) atoms. The number of aryl methyl sites for hydroxylation is 1. The molecule has 142 valence electrons. The summed E-state index contributed by atoms with van der Waals surface area (Å²) in [4.78, 5) is 13.6. The van der Waals surface area contributed by atoms with E-state index in [4.69, 9.17) is 0 Å². The minimum atomic E-state index is -3.81. The molecule has 1 saturated heterocycles. The molecule has 0 saturated carbocycles. The maximum atomic E-state index is 12.8. The number of sulfonamides is 1. The number of nitrogens with one attached hydrogen (secondary N) is 1. The first-order chi connectivity index (χ1) is 12.8. The van der Waals surface area contributed by atoms with Gasteiger partial charge < -0.3 is 4.90 Å². The van der Waals surface area contributed by atoms with Crippen molar-refractivity contribution < 1.29 is 13.2 Å². The molecular weight excluding hydrogens is 368 g/mol. The largest absolute Gasteiger partial charge is 0.346 e. The van der Waals surface area contributed by atoms with Crippen LogP contribution in [0.2, 0.25) is 0 Å². The standard InChI is InChI=1S/C17H20N6O3S/c1-21-7-6-13(8-16(21)24)23-11-14(10-19-23)27(25,26)20-15-5-3-4-12-9-18-22(2)17(12)15/h3-5,9-11,13,20H,6-8H2,1-2H3/t13-/m1/s1. The molecule has 1 atom stereocenters. The van der Waals surface area contributed by atoms with Crippen molar-refractivity contribution in [1.82, 2.24) is 24.5 Å². The predicted octanol–water partition coefficient (Wildman–Crippen LogP) is 1.36. The first-order valence-electron chi connectivity index (χ1n) is 8.57. The lowest BCUT2D eigenvalue weighted by atomic mass is 10.1. The SMILES string of the molecule is CN1CC[C@@H](n2cc(S(=O)(=O)Nc3cccc4cnn(C)c34)cn2)CC1=O. The van der Waals surface area contributed by atoms with Gasteiger partial charge >= 0.3 is 0 Å². The van der Waals surface area contributed by atoms with Gasteiger partial charge in [0, 0.05) is 38.6 Å². The van der Waals surface area contributed by atoms with Crippen LogP contribution in [0.3, 0.4) is 0 Å². The van der Waals surface area contributed by atoms with Crippen LogP contribution in [0.1, 0.15) is 18.9 Å². The highest BCUT2D eigenvalue weighted by molar-refractivity contribution is 7.92. The van der Waals surface area contributed by atoms with Crippen LogP contribution >= 0.6 is 0 Å². The minimum Gasteiger partial charge on any atom is -0.346 e. The average molecular weight is 388 g/mol. The van der Waals surface area contributed by atoms with E-state index in [1.54, 1.807) is 46.7 Å². The van der Waals surface area contributed by atoms with E-state index in [-0.39, 0.29) is 16.8 Å². The number of nitrogens with zero attached hydrogens (tertiary/aromatic N) is 5. The number of para-hydroxylation sites is 1. The maximum Gasteiger partial charge on any atom is 0.265 e. The number of hydrogen-bond donors (Lipinski definition) is 1. The van der Waals surface area contributed by atoms with Gasteiger partial charge in [-0.25, -0.2) is 8.42 Å². The topological polar surface area (TPSA) is 102 Å². The summed E-state index contributed by atoms with van der Waals surface area (Å²) in [6.45, 7) is 0.631. The van der Waals surface area contributed by atoms with Crippen molar-refractivity contribution in [2.24, 2.45) is 7.05 Å². The zero-order valence-electron chi connectivity index (χ0n) is 15.0. The highest BCUT2D eigenvalue weighted by atomic mass is 32.2. The van der Waals surface area contributed by atoms with Crippen LogP contribution in [0, 0.1) is 0 Å². The summed E-state index contributed by atoms with van der Waals surface area (Å²) in [6, 6.07) is 5.21. The Morgan fingerprint density at radius 3 is 2.78 bits per heavy atom. The van der Waals surface area contributed by atoms with Gasteiger partial charge in [-0.2, -0.15) is 10.2 Å². The van der Waals surface area contributed by atoms with Gasteiger partial charge in [-0.15, -0.1) is 0 Å². The van der Waals surface area contributed by atoms with E-state index < -0.39 is 10.0 Å². The fourth-order valence-corrected chi connectivity index (χ4v) is 4.34. The van der Waals surface area contributed by atoms with Gasteiger partial charge in [-0.05, 0) is 12.5 Å². The summed E-state index contributed by atoms with van der Waals surface area (Å²) in [7, 11) is -0.288. The zero-order chi connectivity index (χ0) is 19.2. The third-order valence-corrected chi connectivity index (χ3v) is 6.22. The van der Waals surface area contributed by atoms with Crippen LogP contribution in [0.25, 0.3) is 10.9 Å². The van der Waals surface area contributed by atoms with Crippen LogP contribution in [-0.4, -0.2) is 52.4 Å². The van der Waals surface area contributed by atoms with Gasteiger partial charge in [0.1, 0.15) is 4.90 Å². The highest BCUT2D eigenvalue weighted by Crippen LogP contribution is 2.27. The second-order valence-corrected chi connectivity index (χ2v) is 8.42. The molecule has 1 aliphatic rings. The molecular formula is C17H20N6O3S. The first-order valence-corrected chi connectivity index (χ1v) is 10.0. The molecule has 0 radical (unpaired) electrons. The van der Waals surface area contributed by atoms with Crippen LogP contribution in [0.5, 0.6) is 0 Å². The van der Waals surface area contributed by atoms with Gasteiger partial charge in [0.2, 0.25) is 5.91 Å². The molecule has 0 unspecified atom stereocenters. The number of likely N-dealkylation sites (tertiary alicyclic amines) is 1. The molecule has 1 amide bonds. The van der Waals surface area contributed by atoms with Crippen molar-refractivity contribution in [1.29, 1.82) is 0 Å². The number of anilines is 1. The summed E-state index contributed by atoms with van der Waals surface area (Å²) in [5.74, 6) is 0.0344. The van der Waals surface area contributed by atoms with E-state index in [1.165, 1.54) is 12.4 Å². The number of rotatable bonds is 4. The number of fused-ring (bicyclic) bond motifs is 1. The summed E-state index contributed by atoms with van der Waals surface area (Å²) in [5.41, 5.74) is 1.16. The third kappa shape index (κ3) is 3.16. The fourth-order valence-electron chi connectivity index (χ4n) is 3.33. The third-order valence-electron chi connectivity index (χ3n) is 4.90. The lowest BCUT2D eigenvalue weighted by Crippen LogP contribution is -2.36. The molecule has 3 aromatic rings. The second-order valence-electron chi connectivity index (χ2n) is 6.74. The Labute approximate surface area is 156 Å². The molecule has 1 aromatic carbocycles. The summed E-state index contributed by atoms with van der Waals surface area (Å²) < 4.78 is 31.5. The van der Waals surface area contributed by atoms with E-state index >= 15 is 0 Å². The Morgan fingerprint density at radius 2 is 2.00 bits per heavy atom. The van der Waals surface area contributed by atoms with Crippen LogP contribution < -0.4 is 4.72 Å². The molecule has 1 N–H and O–H groups in total. The number of carbonyl (C=O) groups excluding carboxylic acids is 1. The predicted molar refractivity (Wildman–Crippen MR) is 99.7 cm³/mol. The molecule has 4 rings (SSSR count). The van der Waals surface area contributed by atoms with Gasteiger partial charge in [0.25, 0.3) is 10.0 Å². The van der Waals surface area contributed by atoms with Crippen molar-refractivity contribution in [3.63, 3.8) is 0 Å². The van der Waals surface area contributed by atoms with Crippen LogP contribution in [0.15, 0.2) is 41.7 Å². The van der Waals surface area contributed by atoms with Crippen molar-refractivity contribution >= 4 is 32.5 Å². The second kappa shape index (κ2) is 6.38. The highest BCUT2D eigenvalue weighted by Gasteiger charge is 2.27. The number of carbonyl (C=O) groups is 1. The molecule has 3 heterocycles. The van der Waals surface area contributed by atoms with Gasteiger partial charge in [-0.3, -0.25) is 18.9 Å². The minimum absolute atomic E-state index is 0.0344. The fraction of sp³-hybridized carbons (Fsp3) is 0.353. The Balaban J connectivity index is 1.60. The quantitative estimate of drug-likeness (QED) is 0.727. The molecule has 1 fully saturated rings. The van der Waals surface area contributed by atoms with E-state index in [9.17, 15) is 13.2 Å². The van der Waals surface area contributed by atoms with E-state index in [0.29, 0.717) is 24.2 Å². The van der Waals surface area contributed by atoms with Gasteiger partial charge in [-0.1, -0.05) is 12.1 Å². The Hall–Kier alpha value is -2.88. The van der Waals surface area contributed by atoms with Crippen molar-refractivity contribution in [3.05, 3.63) is 36.8 Å². The normalized spacial score (nSPS) is 18.2. The molecule has 2 aromatic heterocycles. The molecule has 1 aliphatic heterocycles. The number of benzene rings is 1. The summed E-state index contributed by atoms with van der Waals surface area (Å²) >= 11 is 0. The van der Waals surface area contributed by atoms with E-state index in [1.807, 2.05) is 6.07 Å². The molecule has 10 heteroatoms. The molecule has 0 spiro atoms. The van der Waals surface area contributed by atoms with Crippen LogP contribution in [0.4, 0.5) is 5.69 Å². The number of hydrogen-bond acceptors (Lipinski definition) is 5. The van der Waals surface area contributed by atoms with E-state index in [0.717, 1.165) is 11.8 Å². The van der Waals surface area contributed by atoms with Crippen LogP contribution in [-0.2, 0) is 21.9 Å². The monoisotopic (exact) mass is 388 g/mol. The average Bonchev–Trinajstić information content (AvgIpc) is 3.26. The Morgan fingerprint density at radius 1 is 1.19 bits per heavy atom. The number of amides is 1. The lowest BCUT2D eigenvalue weighted by molar-refractivity contribution is -0.133. The van der Waals surface area contributed by atoms with E-state index in [2.05, 4.69) is 14.9 Å². The zero-order valence-corrected chi connectivity index (χ0v) is 15.8. The Bertz CT molecular complexity index is 1120. The Kier molecular flexibility index (Phi) is 4.14. The first kappa shape index (κ1) is 17.5. The number of aromatic nitrogens is 4. The van der Waals surface area contributed by atoms with Gasteiger partial charge in [0.05, 0.1) is 29.6 Å². The van der Waals surface area contributed by atoms with Gasteiger partial charge in [0.15, 0.2) is 0 Å². The maximum absolute atomic E-state index is 12.8. The molecule has 9 nitrogen and oxygen atoms in total. The number of piperidine rings is 1. The van der Waals surface area contributed by atoms with Crippen molar-refractivity contribution in [2.75, 3.05) is 18.3 Å². The smallest absolute Gasteiger partial charge is 0.265 e. The van der Waals surface area contributed by atoms with Crippen molar-refractivity contribution in [3.8, 4) is 0 Å². The summed E-state index contributed by atoms with van der Waals surface area (Å²) in [5, 5.41) is 9.20. The van der Waals surface area contributed by atoms with Crippen molar-refractivity contribution in [2.45, 2.75) is 23.8 Å². The molecule has 0 aliphatic carbocycles. The lowest BCUT2D eigenvalue weighted by Gasteiger charge is -2.28.